The molecule has 0 unspecified atom stereocenters. The summed E-state index contributed by atoms with van der Waals surface area (Å²) >= 11 is 0. The minimum Gasteiger partial charge on any atom is -0.478 e. The summed E-state index contributed by atoms with van der Waals surface area (Å²) in [6.45, 7) is 8.49. The number of rotatable bonds is 4. The third kappa shape index (κ3) is 3.78. The molecule has 1 aliphatic heterocycles. The minimum atomic E-state index is -0.867. The van der Waals surface area contributed by atoms with Gasteiger partial charge in [0.25, 0.3) is 0 Å². The maximum absolute atomic E-state index is 10.8. The molecule has 1 heterocycles. The van der Waals surface area contributed by atoms with Gasteiger partial charge in [-0.05, 0) is 23.6 Å². The Morgan fingerprint density at radius 3 is 2.68 bits per heavy atom. The van der Waals surface area contributed by atoms with Gasteiger partial charge < -0.3 is 10.4 Å². The van der Waals surface area contributed by atoms with Crippen molar-refractivity contribution < 1.29 is 9.90 Å². The van der Waals surface area contributed by atoms with Gasteiger partial charge in [0.1, 0.15) is 0 Å². The zero-order valence-electron chi connectivity index (χ0n) is 11.6. The summed E-state index contributed by atoms with van der Waals surface area (Å²) in [4.78, 5) is 13.2. The van der Waals surface area contributed by atoms with Crippen LogP contribution in [0.5, 0.6) is 0 Å². The molecule has 104 valence electrons. The lowest BCUT2D eigenvalue weighted by molar-refractivity contribution is 0.0697. The highest BCUT2D eigenvalue weighted by Gasteiger charge is 2.21. The lowest BCUT2D eigenvalue weighted by atomic mass is 10.0. The maximum atomic E-state index is 10.8. The number of carbonyl (C=O) groups is 1. The Hall–Kier alpha value is -1.39. The SMILES string of the molecule is CC(C)[C@H]1CN(Cc2ccc(C(=O)O)cc2)CCN1. The maximum Gasteiger partial charge on any atom is 0.335 e. The van der Waals surface area contributed by atoms with Crippen LogP contribution in [0.2, 0.25) is 0 Å². The number of nitrogens with zero attached hydrogens (tertiary/aromatic N) is 1. The first-order valence-corrected chi connectivity index (χ1v) is 6.84. The van der Waals surface area contributed by atoms with E-state index in [1.165, 1.54) is 5.56 Å². The van der Waals surface area contributed by atoms with Crippen molar-refractivity contribution in [3.8, 4) is 0 Å². The number of hydrogen-bond donors (Lipinski definition) is 2. The molecule has 0 aromatic heterocycles. The molecule has 1 aromatic rings. The van der Waals surface area contributed by atoms with Crippen LogP contribution in [0, 0.1) is 5.92 Å². The third-order valence-corrected chi connectivity index (χ3v) is 3.70. The predicted octanol–water partition coefficient (Wildman–Crippen LogP) is 1.81. The number of aromatic carboxylic acids is 1. The lowest BCUT2D eigenvalue weighted by Crippen LogP contribution is -2.52. The van der Waals surface area contributed by atoms with E-state index in [4.69, 9.17) is 5.11 Å². The van der Waals surface area contributed by atoms with Gasteiger partial charge in [0.05, 0.1) is 5.56 Å². The Morgan fingerprint density at radius 1 is 1.42 bits per heavy atom. The van der Waals surface area contributed by atoms with E-state index in [-0.39, 0.29) is 0 Å². The molecule has 1 fully saturated rings. The summed E-state index contributed by atoms with van der Waals surface area (Å²) in [7, 11) is 0. The molecular weight excluding hydrogens is 240 g/mol. The first kappa shape index (κ1) is 14.0. The Bertz CT molecular complexity index is 428. The number of piperazine rings is 1. The molecule has 1 saturated heterocycles. The zero-order valence-corrected chi connectivity index (χ0v) is 11.6. The average Bonchev–Trinajstić information content (AvgIpc) is 2.39. The van der Waals surface area contributed by atoms with Crippen molar-refractivity contribution in [2.75, 3.05) is 19.6 Å². The van der Waals surface area contributed by atoms with E-state index in [9.17, 15) is 4.79 Å². The number of benzene rings is 1. The lowest BCUT2D eigenvalue weighted by Gasteiger charge is -2.35. The number of nitrogens with one attached hydrogen (secondary N) is 1. The van der Waals surface area contributed by atoms with Gasteiger partial charge in [-0.1, -0.05) is 26.0 Å². The second-order valence-electron chi connectivity index (χ2n) is 5.54. The standard InChI is InChI=1S/C15H22N2O2/c1-11(2)14-10-17(8-7-16-14)9-12-3-5-13(6-4-12)15(18)19/h3-6,11,14,16H,7-10H2,1-2H3,(H,18,19)/t14-/m1/s1. The van der Waals surface area contributed by atoms with Crippen molar-refractivity contribution in [3.63, 3.8) is 0 Å². The Labute approximate surface area is 114 Å². The summed E-state index contributed by atoms with van der Waals surface area (Å²) in [6, 6.07) is 7.73. The fourth-order valence-electron chi connectivity index (χ4n) is 2.44. The quantitative estimate of drug-likeness (QED) is 0.869. The predicted molar refractivity (Wildman–Crippen MR) is 75.3 cm³/mol. The van der Waals surface area contributed by atoms with Gasteiger partial charge in [0.15, 0.2) is 0 Å². The third-order valence-electron chi connectivity index (χ3n) is 3.70. The van der Waals surface area contributed by atoms with Crippen molar-refractivity contribution in [3.05, 3.63) is 35.4 Å². The van der Waals surface area contributed by atoms with Gasteiger partial charge in [0.2, 0.25) is 0 Å². The van der Waals surface area contributed by atoms with Crippen LogP contribution in [0.1, 0.15) is 29.8 Å². The van der Waals surface area contributed by atoms with Gasteiger partial charge in [-0.25, -0.2) is 4.79 Å². The molecule has 4 nitrogen and oxygen atoms in total. The molecule has 0 radical (unpaired) electrons. The summed E-state index contributed by atoms with van der Waals surface area (Å²) < 4.78 is 0. The Kier molecular flexibility index (Phi) is 4.56. The van der Waals surface area contributed by atoms with Crippen molar-refractivity contribution in [2.24, 2.45) is 5.92 Å². The van der Waals surface area contributed by atoms with Gasteiger partial charge in [-0.15, -0.1) is 0 Å². The molecule has 0 spiro atoms. The highest BCUT2D eigenvalue weighted by molar-refractivity contribution is 5.87. The van der Waals surface area contributed by atoms with Crippen molar-refractivity contribution in [1.82, 2.24) is 10.2 Å². The summed E-state index contributed by atoms with van der Waals surface area (Å²) in [6.07, 6.45) is 0. The van der Waals surface area contributed by atoms with E-state index in [0.29, 0.717) is 17.5 Å². The molecule has 0 saturated carbocycles. The van der Waals surface area contributed by atoms with E-state index in [2.05, 4.69) is 24.1 Å². The molecule has 2 N–H and O–H groups in total. The van der Waals surface area contributed by atoms with Gasteiger partial charge >= 0.3 is 5.97 Å². The largest absolute Gasteiger partial charge is 0.478 e. The first-order chi connectivity index (χ1) is 9.06. The van der Waals surface area contributed by atoms with E-state index in [1.807, 2.05) is 12.1 Å². The molecule has 1 aromatic carbocycles. The topological polar surface area (TPSA) is 52.6 Å². The minimum absolute atomic E-state index is 0.351. The van der Waals surface area contributed by atoms with Crippen LogP contribution in [-0.4, -0.2) is 41.7 Å². The Morgan fingerprint density at radius 2 is 2.11 bits per heavy atom. The van der Waals surface area contributed by atoms with Crippen LogP contribution in [0.25, 0.3) is 0 Å². The molecule has 19 heavy (non-hydrogen) atoms. The molecule has 2 rings (SSSR count). The number of hydrogen-bond acceptors (Lipinski definition) is 3. The highest BCUT2D eigenvalue weighted by Crippen LogP contribution is 2.12. The monoisotopic (exact) mass is 262 g/mol. The van der Waals surface area contributed by atoms with Crippen molar-refractivity contribution >= 4 is 5.97 Å². The van der Waals surface area contributed by atoms with Crippen molar-refractivity contribution in [1.29, 1.82) is 0 Å². The molecule has 4 heteroatoms. The summed E-state index contributed by atoms with van der Waals surface area (Å²) in [5.41, 5.74) is 1.53. The van der Waals surface area contributed by atoms with Crippen LogP contribution in [0.4, 0.5) is 0 Å². The second-order valence-corrected chi connectivity index (χ2v) is 5.54. The molecule has 1 aliphatic rings. The van der Waals surface area contributed by atoms with E-state index in [0.717, 1.165) is 26.2 Å². The van der Waals surface area contributed by atoms with E-state index in [1.54, 1.807) is 12.1 Å². The fourth-order valence-corrected chi connectivity index (χ4v) is 2.44. The fraction of sp³-hybridized carbons (Fsp3) is 0.533. The Balaban J connectivity index is 1.95. The van der Waals surface area contributed by atoms with Crippen molar-refractivity contribution in [2.45, 2.75) is 26.4 Å². The van der Waals surface area contributed by atoms with Crippen LogP contribution in [0.15, 0.2) is 24.3 Å². The van der Waals surface area contributed by atoms with Gasteiger partial charge in [-0.3, -0.25) is 4.90 Å². The molecule has 1 atom stereocenters. The summed E-state index contributed by atoms with van der Waals surface area (Å²) in [5.74, 6) is -0.231. The van der Waals surface area contributed by atoms with E-state index >= 15 is 0 Å². The zero-order chi connectivity index (χ0) is 13.8. The summed E-state index contributed by atoms with van der Waals surface area (Å²) in [5, 5.41) is 12.4. The van der Waals surface area contributed by atoms with E-state index < -0.39 is 5.97 Å². The van der Waals surface area contributed by atoms with Crippen LogP contribution >= 0.6 is 0 Å². The highest BCUT2D eigenvalue weighted by atomic mass is 16.4. The second kappa shape index (κ2) is 6.17. The molecule has 0 bridgehead atoms. The first-order valence-electron chi connectivity index (χ1n) is 6.84. The normalized spacial score (nSPS) is 20.7. The average molecular weight is 262 g/mol. The van der Waals surface area contributed by atoms with Crippen LogP contribution in [-0.2, 0) is 6.54 Å². The number of carboxylic acid groups (broad SMARTS) is 1. The van der Waals surface area contributed by atoms with Crippen LogP contribution in [0.3, 0.4) is 0 Å². The smallest absolute Gasteiger partial charge is 0.335 e. The number of carboxylic acids is 1. The molecule has 0 aliphatic carbocycles. The van der Waals surface area contributed by atoms with Crippen LogP contribution < -0.4 is 5.32 Å². The molecule has 0 amide bonds. The molecular formula is C15H22N2O2. The van der Waals surface area contributed by atoms with Gasteiger partial charge in [0, 0.05) is 32.2 Å². The van der Waals surface area contributed by atoms with Gasteiger partial charge in [-0.2, -0.15) is 0 Å².